The van der Waals surface area contributed by atoms with Gasteiger partial charge in [-0.2, -0.15) is 4.24 Å². The highest BCUT2D eigenvalue weighted by Gasteiger charge is 2.32. The SMILES string of the molecule is CC1=CC2C=[n+]3ccccc3=C2N1C. The van der Waals surface area contributed by atoms with Gasteiger partial charge in [0.15, 0.2) is 12.4 Å². The number of nitrogens with zero attached hydrogens (tertiary/aromatic N) is 2. The summed E-state index contributed by atoms with van der Waals surface area (Å²) in [6, 6.07) is 6.34. The van der Waals surface area contributed by atoms with E-state index in [2.05, 4.69) is 59.8 Å². The van der Waals surface area contributed by atoms with Crippen molar-refractivity contribution in [1.29, 1.82) is 0 Å². The minimum Gasteiger partial charge on any atom is -0.346 e. The van der Waals surface area contributed by atoms with Gasteiger partial charge in [0.05, 0.1) is 0 Å². The molecule has 1 aromatic rings. The fraction of sp³-hybridized carbons (Fsp3) is 0.250. The lowest BCUT2D eigenvalue weighted by molar-refractivity contribution is -0.522. The topological polar surface area (TPSA) is 9.14 Å². The van der Waals surface area contributed by atoms with Gasteiger partial charge in [-0.25, -0.2) is 0 Å². The summed E-state index contributed by atoms with van der Waals surface area (Å²) in [4.78, 5) is 2.28. The van der Waals surface area contributed by atoms with E-state index in [1.807, 2.05) is 0 Å². The Bertz CT molecular complexity index is 540. The maximum Gasteiger partial charge on any atom is 0.231 e. The van der Waals surface area contributed by atoms with Crippen LogP contribution in [0.3, 0.4) is 0 Å². The summed E-state index contributed by atoms with van der Waals surface area (Å²) in [5, 5.41) is 1.31. The van der Waals surface area contributed by atoms with Crippen molar-refractivity contribution < 1.29 is 4.24 Å². The number of allylic oxidation sites excluding steroid dienone is 1. The molecule has 0 N–H and O–H groups in total. The number of aromatic nitrogens is 1. The molecule has 0 aromatic carbocycles. The standard InChI is InChI=1S/C12H13N2/c1-9-7-10-8-14-6-4-3-5-11(14)12(10)13(9)2/h3-8,10H,1-2H3/q+1. The molecule has 2 nitrogen and oxygen atoms in total. The van der Waals surface area contributed by atoms with E-state index in [9.17, 15) is 0 Å². The molecule has 14 heavy (non-hydrogen) atoms. The van der Waals surface area contributed by atoms with Crippen LogP contribution in [0.15, 0.2) is 36.2 Å². The first-order valence-electron chi connectivity index (χ1n) is 4.92. The molecule has 0 aliphatic carbocycles. The Morgan fingerprint density at radius 1 is 1.36 bits per heavy atom. The quantitative estimate of drug-likeness (QED) is 0.537. The van der Waals surface area contributed by atoms with Gasteiger partial charge in [0.1, 0.15) is 11.6 Å². The lowest BCUT2D eigenvalue weighted by Crippen LogP contribution is -2.36. The third-order valence-corrected chi connectivity index (χ3v) is 3.10. The van der Waals surface area contributed by atoms with Gasteiger partial charge < -0.3 is 4.90 Å². The monoisotopic (exact) mass is 185 g/mol. The number of pyridine rings is 1. The van der Waals surface area contributed by atoms with E-state index in [4.69, 9.17) is 0 Å². The molecule has 2 aliphatic heterocycles. The van der Waals surface area contributed by atoms with Crippen LogP contribution in [0.4, 0.5) is 0 Å². The highest BCUT2D eigenvalue weighted by molar-refractivity contribution is 5.55. The minimum absolute atomic E-state index is 0.474. The molecule has 0 spiro atoms. The molecule has 0 bridgehead atoms. The third-order valence-electron chi connectivity index (χ3n) is 3.10. The van der Waals surface area contributed by atoms with Crippen molar-refractivity contribution in [2.45, 2.75) is 6.92 Å². The van der Waals surface area contributed by atoms with Crippen molar-refractivity contribution in [3.63, 3.8) is 0 Å². The first kappa shape index (κ1) is 7.80. The summed E-state index contributed by atoms with van der Waals surface area (Å²) in [6.07, 6.45) is 6.68. The Labute approximate surface area is 83.1 Å². The van der Waals surface area contributed by atoms with Gasteiger partial charge in [0, 0.05) is 24.9 Å². The summed E-state index contributed by atoms with van der Waals surface area (Å²) in [5.74, 6) is 0.474. The van der Waals surface area contributed by atoms with Crippen molar-refractivity contribution in [1.82, 2.24) is 4.90 Å². The van der Waals surface area contributed by atoms with E-state index < -0.39 is 0 Å². The maximum atomic E-state index is 2.31. The van der Waals surface area contributed by atoms with Gasteiger partial charge in [0.2, 0.25) is 5.35 Å². The van der Waals surface area contributed by atoms with Crippen molar-refractivity contribution in [2.24, 2.45) is 5.92 Å². The number of hydrogen-bond donors (Lipinski definition) is 0. The highest BCUT2D eigenvalue weighted by Crippen LogP contribution is 2.29. The fourth-order valence-corrected chi connectivity index (χ4v) is 2.30. The number of hydrogen-bond acceptors (Lipinski definition) is 1. The van der Waals surface area contributed by atoms with Crippen LogP contribution < -0.4 is 9.59 Å². The van der Waals surface area contributed by atoms with E-state index in [1.54, 1.807) is 0 Å². The maximum absolute atomic E-state index is 2.31. The summed E-state index contributed by atoms with van der Waals surface area (Å²) < 4.78 is 2.21. The molecule has 1 aromatic heterocycles. The lowest BCUT2D eigenvalue weighted by Gasteiger charge is -2.13. The highest BCUT2D eigenvalue weighted by atomic mass is 15.2. The summed E-state index contributed by atoms with van der Waals surface area (Å²) in [5.41, 5.74) is 2.75. The van der Waals surface area contributed by atoms with Gasteiger partial charge in [-0.1, -0.05) is 0 Å². The molecule has 2 aliphatic rings. The molecule has 0 saturated heterocycles. The minimum atomic E-state index is 0.474. The van der Waals surface area contributed by atoms with Gasteiger partial charge in [0.25, 0.3) is 0 Å². The second-order valence-electron chi connectivity index (χ2n) is 3.92. The van der Waals surface area contributed by atoms with E-state index in [-0.39, 0.29) is 0 Å². The molecule has 2 heteroatoms. The predicted octanol–water partition coefficient (Wildman–Crippen LogP) is 0.571. The summed E-state index contributed by atoms with van der Waals surface area (Å²) >= 11 is 0. The molecular formula is C12H13N2+. The molecule has 1 atom stereocenters. The van der Waals surface area contributed by atoms with Crippen LogP contribution in [0.2, 0.25) is 0 Å². The van der Waals surface area contributed by atoms with Gasteiger partial charge in [-0.15, -0.1) is 0 Å². The van der Waals surface area contributed by atoms with E-state index in [1.165, 1.54) is 16.7 Å². The summed E-state index contributed by atoms with van der Waals surface area (Å²) in [6.45, 7) is 2.16. The van der Waals surface area contributed by atoms with Crippen LogP contribution >= 0.6 is 0 Å². The molecule has 0 radical (unpaired) electrons. The van der Waals surface area contributed by atoms with Gasteiger partial charge in [-0.3, -0.25) is 0 Å². The summed E-state index contributed by atoms with van der Waals surface area (Å²) in [7, 11) is 2.14. The first-order chi connectivity index (χ1) is 6.77. The van der Waals surface area contributed by atoms with Crippen LogP contribution in [-0.4, -0.2) is 11.9 Å². The Kier molecular flexibility index (Phi) is 1.38. The van der Waals surface area contributed by atoms with Gasteiger partial charge in [-0.05, 0) is 19.1 Å². The molecule has 1 unspecified atom stereocenters. The van der Waals surface area contributed by atoms with Crippen LogP contribution in [0.5, 0.6) is 0 Å². The van der Waals surface area contributed by atoms with Crippen LogP contribution in [-0.2, 0) is 0 Å². The van der Waals surface area contributed by atoms with E-state index >= 15 is 0 Å². The predicted molar refractivity (Wildman–Crippen MR) is 54.4 cm³/mol. The van der Waals surface area contributed by atoms with E-state index in [0.29, 0.717) is 5.92 Å². The molecule has 0 amide bonds. The molecule has 3 heterocycles. The average molecular weight is 185 g/mol. The lowest BCUT2D eigenvalue weighted by atomic mass is 10.1. The second-order valence-corrected chi connectivity index (χ2v) is 3.92. The first-order valence-corrected chi connectivity index (χ1v) is 4.92. The molecule has 70 valence electrons. The molecule has 3 rings (SSSR count). The van der Waals surface area contributed by atoms with Crippen molar-refractivity contribution in [3.8, 4) is 0 Å². The van der Waals surface area contributed by atoms with Gasteiger partial charge >= 0.3 is 0 Å². The van der Waals surface area contributed by atoms with Crippen molar-refractivity contribution >= 4 is 5.70 Å². The van der Waals surface area contributed by atoms with E-state index in [0.717, 1.165) is 0 Å². The van der Waals surface area contributed by atoms with Crippen molar-refractivity contribution in [3.05, 3.63) is 47.7 Å². The number of fused-ring (bicyclic) bond motifs is 2. The molecular weight excluding hydrogens is 172 g/mol. The largest absolute Gasteiger partial charge is 0.346 e. The normalized spacial score (nSPS) is 23.0. The average Bonchev–Trinajstić information content (AvgIpc) is 2.65. The zero-order valence-corrected chi connectivity index (χ0v) is 8.44. The van der Waals surface area contributed by atoms with Crippen LogP contribution in [0.1, 0.15) is 6.92 Å². The van der Waals surface area contributed by atoms with Crippen LogP contribution in [0, 0.1) is 12.1 Å². The smallest absolute Gasteiger partial charge is 0.231 e. The Hall–Kier alpha value is -1.57. The Balaban J connectivity index is 2.37. The fourth-order valence-electron chi connectivity index (χ4n) is 2.30. The molecule has 0 fully saturated rings. The Morgan fingerprint density at radius 3 is 3.07 bits per heavy atom. The zero-order valence-electron chi connectivity index (χ0n) is 8.44. The zero-order chi connectivity index (χ0) is 9.71. The van der Waals surface area contributed by atoms with Crippen molar-refractivity contribution in [2.75, 3.05) is 7.05 Å². The second kappa shape index (κ2) is 2.47. The number of rotatable bonds is 0. The molecule has 0 saturated carbocycles. The van der Waals surface area contributed by atoms with Crippen LogP contribution in [0.25, 0.3) is 5.70 Å². The Morgan fingerprint density at radius 2 is 2.21 bits per heavy atom. The third kappa shape index (κ3) is 0.830.